The van der Waals surface area contributed by atoms with Crippen LogP contribution in [0.3, 0.4) is 0 Å². The van der Waals surface area contributed by atoms with Gasteiger partial charge in [-0.05, 0) is 12.0 Å². The van der Waals surface area contributed by atoms with E-state index in [0.29, 0.717) is 0 Å². The minimum absolute atomic E-state index is 0.0858. The lowest BCUT2D eigenvalue weighted by Gasteiger charge is -1.93. The molecule has 0 bridgehead atoms. The van der Waals surface area contributed by atoms with Crippen LogP contribution < -0.4 is 4.57 Å². The molecule has 13 heavy (non-hydrogen) atoms. The third-order valence-electron chi connectivity index (χ3n) is 1.78. The van der Waals surface area contributed by atoms with Gasteiger partial charge in [0.1, 0.15) is 0 Å². The Morgan fingerprint density at radius 1 is 1.54 bits per heavy atom. The number of hydrogen-bond acceptors (Lipinski definition) is 1. The van der Waals surface area contributed by atoms with Gasteiger partial charge in [0.25, 0.3) is 0 Å². The zero-order valence-electron chi connectivity index (χ0n) is 7.36. The zero-order chi connectivity index (χ0) is 9.68. The van der Waals surface area contributed by atoms with Crippen LogP contribution in [0.15, 0.2) is 24.5 Å². The summed E-state index contributed by atoms with van der Waals surface area (Å²) in [5.41, 5.74) is 1.27. The molecular weight excluding hydrogens is 162 g/mol. The van der Waals surface area contributed by atoms with Gasteiger partial charge in [-0.3, -0.25) is 0 Å². The smallest absolute Gasteiger partial charge is 0.309 e. The predicted octanol–water partition coefficient (Wildman–Crippen LogP) is 1.14. The molecule has 0 unspecified atom stereocenters. The number of rotatable bonds is 2. The molecule has 3 heteroatoms. The summed E-state index contributed by atoms with van der Waals surface area (Å²) >= 11 is 0. The number of nitriles is 1. The Labute approximate surface area is 77.1 Å². The Hall–Kier alpha value is -1.91. The van der Waals surface area contributed by atoms with Gasteiger partial charge in [0.15, 0.2) is 18.5 Å². The highest BCUT2D eigenvalue weighted by atomic mass is 14.9. The van der Waals surface area contributed by atoms with E-state index in [4.69, 9.17) is 10.7 Å². The van der Waals surface area contributed by atoms with Crippen LogP contribution in [0, 0.1) is 11.3 Å². The van der Waals surface area contributed by atoms with Crippen molar-refractivity contribution in [1.82, 2.24) is 0 Å². The van der Waals surface area contributed by atoms with Gasteiger partial charge < -0.3 is 5.41 Å². The Kier molecular flexibility index (Phi) is 2.97. The van der Waals surface area contributed by atoms with Crippen LogP contribution in [0.2, 0.25) is 0 Å². The molecule has 64 valence electrons. The number of nitrogens with zero attached hydrogens (tertiary/aromatic N) is 3. The van der Waals surface area contributed by atoms with E-state index in [1.165, 1.54) is 10.1 Å². The highest BCUT2D eigenvalue weighted by molar-refractivity contribution is 5.84. The highest BCUT2D eigenvalue weighted by Crippen LogP contribution is 1.96. The molecule has 0 fully saturated rings. The lowest BCUT2D eigenvalue weighted by Crippen LogP contribution is -2.30. The van der Waals surface area contributed by atoms with Crippen LogP contribution in [-0.4, -0.2) is 5.87 Å². The molecule has 0 spiro atoms. The van der Waals surface area contributed by atoms with Crippen molar-refractivity contribution in [3.63, 3.8) is 0 Å². The second kappa shape index (κ2) is 4.20. The van der Waals surface area contributed by atoms with Gasteiger partial charge in [0, 0.05) is 12.1 Å². The number of aryl methyl sites for hydroxylation is 1. The fourth-order valence-corrected chi connectivity index (χ4v) is 0.983. The summed E-state index contributed by atoms with van der Waals surface area (Å²) in [6.07, 6.45) is 4.40. The second-order valence-electron chi connectivity index (χ2n) is 2.54. The number of hydrogen-bond donors (Lipinski definition) is 0. The summed E-state index contributed by atoms with van der Waals surface area (Å²) in [6, 6.07) is 5.62. The fourth-order valence-electron chi connectivity index (χ4n) is 0.983. The lowest BCUT2D eigenvalue weighted by molar-refractivity contribution is -0.576. The molecule has 0 aliphatic heterocycles. The lowest BCUT2D eigenvalue weighted by atomic mass is 10.2. The van der Waals surface area contributed by atoms with Crippen molar-refractivity contribution in [2.75, 3.05) is 0 Å². The van der Waals surface area contributed by atoms with Crippen molar-refractivity contribution in [3.05, 3.63) is 35.5 Å². The highest BCUT2D eigenvalue weighted by Gasteiger charge is 2.04. The Morgan fingerprint density at radius 3 is 2.54 bits per heavy atom. The van der Waals surface area contributed by atoms with Gasteiger partial charge in [-0.15, -0.1) is 0 Å². The molecule has 0 aromatic carbocycles. The zero-order valence-corrected chi connectivity index (χ0v) is 7.36. The van der Waals surface area contributed by atoms with E-state index in [1.807, 2.05) is 24.1 Å². The summed E-state index contributed by atoms with van der Waals surface area (Å²) < 4.78 is 1.51. The van der Waals surface area contributed by atoms with Crippen molar-refractivity contribution in [1.29, 1.82) is 5.26 Å². The van der Waals surface area contributed by atoms with E-state index in [1.54, 1.807) is 12.4 Å². The molecule has 1 aromatic heterocycles. The van der Waals surface area contributed by atoms with Gasteiger partial charge in [-0.25, -0.2) is 0 Å². The van der Waals surface area contributed by atoms with Gasteiger partial charge in [0.2, 0.25) is 0 Å². The van der Waals surface area contributed by atoms with E-state index in [9.17, 15) is 0 Å². The van der Waals surface area contributed by atoms with E-state index in [0.717, 1.165) is 6.42 Å². The summed E-state index contributed by atoms with van der Waals surface area (Å²) in [4.78, 5) is 0. The molecule has 0 aliphatic carbocycles. The summed E-state index contributed by atoms with van der Waals surface area (Å²) in [5, 5.41) is 17.2. The molecule has 0 radical (unpaired) electrons. The van der Waals surface area contributed by atoms with Crippen molar-refractivity contribution in [2.45, 2.75) is 13.3 Å². The molecule has 1 rings (SSSR count). The first-order valence-corrected chi connectivity index (χ1v) is 3.99. The van der Waals surface area contributed by atoms with Crippen LogP contribution in [-0.2, 0) is 6.42 Å². The predicted molar refractivity (Wildman–Crippen MR) is 49.7 cm³/mol. The van der Waals surface area contributed by atoms with Crippen LogP contribution >= 0.6 is 0 Å². The normalized spacial score (nSPS) is 8.62. The summed E-state index contributed by atoms with van der Waals surface area (Å²) in [5.74, 6) is 1.82. The molecule has 1 aromatic rings. The maximum Gasteiger partial charge on any atom is 0.309 e. The van der Waals surface area contributed by atoms with Gasteiger partial charge in [0.05, 0.1) is 0 Å². The van der Waals surface area contributed by atoms with Crippen LogP contribution in [0.5, 0.6) is 0 Å². The van der Waals surface area contributed by atoms with E-state index >= 15 is 0 Å². The van der Waals surface area contributed by atoms with Crippen molar-refractivity contribution < 1.29 is 4.57 Å². The minimum Gasteiger partial charge on any atom is -0.757 e. The average molecular weight is 171 g/mol. The largest absolute Gasteiger partial charge is 0.757 e. The molecule has 0 saturated heterocycles. The molecular formula is C10H9N3. The molecule has 0 N–H and O–H groups in total. The van der Waals surface area contributed by atoms with Crippen molar-refractivity contribution in [3.8, 4) is 6.07 Å². The van der Waals surface area contributed by atoms with Crippen molar-refractivity contribution >= 4 is 11.6 Å². The third-order valence-corrected chi connectivity index (χ3v) is 1.78. The first-order chi connectivity index (χ1) is 6.31. The SMILES string of the molecule is CCc1cc[n+](C(=C=[N-])C#N)cc1. The van der Waals surface area contributed by atoms with Gasteiger partial charge >= 0.3 is 5.70 Å². The quantitative estimate of drug-likeness (QED) is 0.374. The molecule has 0 amide bonds. The van der Waals surface area contributed by atoms with E-state index < -0.39 is 0 Å². The van der Waals surface area contributed by atoms with Crippen LogP contribution in [0.25, 0.3) is 11.1 Å². The standard InChI is InChI=1S/C10H9N3/c1-2-9-3-5-13(6-4-9)10(7-11)8-12/h3-6H,2H2,1H3. The first-order valence-electron chi connectivity index (χ1n) is 3.99. The fraction of sp³-hybridized carbons (Fsp3) is 0.200. The summed E-state index contributed by atoms with van der Waals surface area (Å²) in [6.45, 7) is 2.05. The van der Waals surface area contributed by atoms with Crippen LogP contribution in [0.4, 0.5) is 0 Å². The number of allylic oxidation sites excluding steroid dienone is 1. The van der Waals surface area contributed by atoms with Crippen LogP contribution in [0.1, 0.15) is 12.5 Å². The minimum atomic E-state index is 0.0858. The molecule has 1 heterocycles. The maximum atomic E-state index is 8.58. The molecule has 3 nitrogen and oxygen atoms in total. The monoisotopic (exact) mass is 171 g/mol. The topological polar surface area (TPSA) is 50.0 Å². The molecule has 0 atom stereocenters. The third kappa shape index (κ3) is 2.02. The average Bonchev–Trinajstić information content (AvgIpc) is 2.21. The van der Waals surface area contributed by atoms with Crippen molar-refractivity contribution in [2.24, 2.45) is 0 Å². The van der Waals surface area contributed by atoms with Gasteiger partial charge in [-0.1, -0.05) is 6.92 Å². The summed E-state index contributed by atoms with van der Waals surface area (Å²) in [7, 11) is 0. The Bertz CT molecular complexity index is 378. The second-order valence-corrected chi connectivity index (χ2v) is 2.54. The molecule has 0 saturated carbocycles. The Balaban J connectivity index is 3.07. The van der Waals surface area contributed by atoms with E-state index in [2.05, 4.69) is 6.92 Å². The molecule has 0 aliphatic rings. The number of pyridine rings is 1. The first kappa shape index (κ1) is 9.18. The maximum absolute atomic E-state index is 8.58. The van der Waals surface area contributed by atoms with Gasteiger partial charge in [-0.2, -0.15) is 15.7 Å². The van der Waals surface area contributed by atoms with E-state index in [-0.39, 0.29) is 5.70 Å². The number of aromatic nitrogens is 1. The Morgan fingerprint density at radius 2 is 2.15 bits per heavy atom.